The van der Waals surface area contributed by atoms with Gasteiger partial charge in [-0.1, -0.05) is 41.4 Å². The summed E-state index contributed by atoms with van der Waals surface area (Å²) < 4.78 is 0. The fourth-order valence-corrected chi connectivity index (χ4v) is 2.11. The molecule has 2 aromatic rings. The first-order valence-corrected chi connectivity index (χ1v) is 7.18. The maximum absolute atomic E-state index is 12.2. The number of rotatable bonds is 3. The van der Waals surface area contributed by atoms with E-state index in [0.29, 0.717) is 21.8 Å². The number of hydrogen-bond donors (Lipinski definition) is 1. The van der Waals surface area contributed by atoms with Crippen LogP contribution >= 0.6 is 23.2 Å². The lowest BCUT2D eigenvalue weighted by atomic mass is 10.1. The van der Waals surface area contributed by atoms with Gasteiger partial charge in [0.05, 0.1) is 27.4 Å². The summed E-state index contributed by atoms with van der Waals surface area (Å²) in [6, 6.07) is 15.2. The van der Waals surface area contributed by atoms with Gasteiger partial charge in [-0.2, -0.15) is 10.5 Å². The summed E-state index contributed by atoms with van der Waals surface area (Å²) in [6.07, 6.45) is 1.43. The summed E-state index contributed by atoms with van der Waals surface area (Å²) >= 11 is 11.9. The molecule has 2 aromatic carbocycles. The van der Waals surface area contributed by atoms with Gasteiger partial charge >= 0.3 is 0 Å². The second kappa shape index (κ2) is 7.47. The summed E-state index contributed by atoms with van der Waals surface area (Å²) in [5.74, 6) is -0.596. The Morgan fingerprint density at radius 2 is 1.78 bits per heavy atom. The highest BCUT2D eigenvalue weighted by Gasteiger charge is 2.12. The Morgan fingerprint density at radius 3 is 2.39 bits per heavy atom. The molecule has 0 saturated carbocycles. The molecule has 112 valence electrons. The molecule has 1 N–H and O–H groups in total. The molecular formula is C17H9Cl2N3O. The molecular weight excluding hydrogens is 333 g/mol. The standard InChI is InChI=1S/C17H9Cl2N3O/c18-14-2-1-3-15(16(14)19)22-17(23)13(10-21)8-11-4-6-12(9-20)7-5-11/h1-8H,(H,22,23)/b13-8-. The van der Waals surface area contributed by atoms with Crippen LogP contribution in [-0.2, 0) is 4.79 Å². The minimum Gasteiger partial charge on any atom is -0.320 e. The van der Waals surface area contributed by atoms with E-state index in [2.05, 4.69) is 5.32 Å². The highest BCUT2D eigenvalue weighted by Crippen LogP contribution is 2.29. The summed E-state index contributed by atoms with van der Waals surface area (Å²) in [4.78, 5) is 12.2. The van der Waals surface area contributed by atoms with E-state index in [0.717, 1.165) is 0 Å². The van der Waals surface area contributed by atoms with Gasteiger partial charge in [0, 0.05) is 0 Å². The molecule has 0 aliphatic rings. The zero-order valence-corrected chi connectivity index (χ0v) is 13.2. The quantitative estimate of drug-likeness (QED) is 0.663. The Morgan fingerprint density at radius 1 is 1.09 bits per heavy atom. The molecule has 0 spiro atoms. The topological polar surface area (TPSA) is 76.7 Å². The van der Waals surface area contributed by atoms with Crippen molar-refractivity contribution in [2.24, 2.45) is 0 Å². The third-order valence-electron chi connectivity index (χ3n) is 2.92. The summed E-state index contributed by atoms with van der Waals surface area (Å²) in [5.41, 5.74) is 1.36. The van der Waals surface area contributed by atoms with E-state index >= 15 is 0 Å². The van der Waals surface area contributed by atoms with E-state index < -0.39 is 5.91 Å². The molecule has 0 bridgehead atoms. The number of amides is 1. The first-order valence-electron chi connectivity index (χ1n) is 6.42. The third kappa shape index (κ3) is 4.11. The summed E-state index contributed by atoms with van der Waals surface area (Å²) in [7, 11) is 0. The van der Waals surface area contributed by atoms with E-state index in [1.54, 1.807) is 42.5 Å². The lowest BCUT2D eigenvalue weighted by Gasteiger charge is -2.07. The SMILES string of the molecule is N#C/C(=C/c1ccc(C#N)cc1)C(=O)Nc1cccc(Cl)c1Cl. The molecule has 0 fully saturated rings. The number of nitrogens with zero attached hydrogens (tertiary/aromatic N) is 2. The van der Waals surface area contributed by atoms with Crippen molar-refractivity contribution < 1.29 is 4.79 Å². The number of carbonyl (C=O) groups excluding carboxylic acids is 1. The molecule has 4 nitrogen and oxygen atoms in total. The Kier molecular flexibility index (Phi) is 5.38. The van der Waals surface area contributed by atoms with Gasteiger partial charge in [0.2, 0.25) is 0 Å². The fourth-order valence-electron chi connectivity index (χ4n) is 1.76. The predicted molar refractivity (Wildman–Crippen MR) is 89.8 cm³/mol. The zero-order chi connectivity index (χ0) is 16.8. The predicted octanol–water partition coefficient (Wildman–Crippen LogP) is 4.41. The van der Waals surface area contributed by atoms with Gasteiger partial charge in [-0.25, -0.2) is 0 Å². The van der Waals surface area contributed by atoms with Crippen LogP contribution in [0.5, 0.6) is 0 Å². The van der Waals surface area contributed by atoms with Gasteiger partial charge in [0.1, 0.15) is 11.6 Å². The molecule has 1 amide bonds. The second-order valence-electron chi connectivity index (χ2n) is 4.46. The summed E-state index contributed by atoms with van der Waals surface area (Å²) in [5, 5.41) is 21.0. The van der Waals surface area contributed by atoms with Crippen molar-refractivity contribution in [1.29, 1.82) is 10.5 Å². The molecule has 0 heterocycles. The Labute approximate surface area is 143 Å². The normalized spacial score (nSPS) is 10.5. The van der Waals surface area contributed by atoms with E-state index in [9.17, 15) is 4.79 Å². The number of nitrogens with one attached hydrogen (secondary N) is 1. The highest BCUT2D eigenvalue weighted by atomic mass is 35.5. The lowest BCUT2D eigenvalue weighted by molar-refractivity contribution is -0.112. The van der Waals surface area contributed by atoms with Crippen LogP contribution in [0, 0.1) is 22.7 Å². The second-order valence-corrected chi connectivity index (χ2v) is 5.24. The van der Waals surface area contributed by atoms with Crippen LogP contribution < -0.4 is 5.32 Å². The van der Waals surface area contributed by atoms with Crippen molar-refractivity contribution in [2.45, 2.75) is 0 Å². The van der Waals surface area contributed by atoms with Crippen molar-refractivity contribution in [3.8, 4) is 12.1 Å². The monoisotopic (exact) mass is 341 g/mol. The Hall–Kier alpha value is -2.79. The summed E-state index contributed by atoms with van der Waals surface area (Å²) in [6.45, 7) is 0. The van der Waals surface area contributed by atoms with Crippen LogP contribution in [0.1, 0.15) is 11.1 Å². The van der Waals surface area contributed by atoms with E-state index in [1.807, 2.05) is 12.1 Å². The average Bonchev–Trinajstić information content (AvgIpc) is 2.57. The molecule has 0 aliphatic carbocycles. The van der Waals surface area contributed by atoms with Crippen molar-refractivity contribution in [3.05, 3.63) is 69.2 Å². The van der Waals surface area contributed by atoms with E-state index in [4.69, 9.17) is 33.7 Å². The van der Waals surface area contributed by atoms with Crippen molar-refractivity contribution in [3.63, 3.8) is 0 Å². The number of hydrogen-bond acceptors (Lipinski definition) is 3. The number of carbonyl (C=O) groups is 1. The van der Waals surface area contributed by atoms with Crippen LogP contribution in [0.15, 0.2) is 48.0 Å². The molecule has 0 unspecified atom stereocenters. The van der Waals surface area contributed by atoms with Gasteiger partial charge in [0.25, 0.3) is 5.91 Å². The van der Waals surface area contributed by atoms with Crippen LogP contribution in [0.2, 0.25) is 10.0 Å². The molecule has 0 saturated heterocycles. The van der Waals surface area contributed by atoms with E-state index in [-0.39, 0.29) is 10.6 Å². The van der Waals surface area contributed by atoms with Crippen LogP contribution in [-0.4, -0.2) is 5.91 Å². The van der Waals surface area contributed by atoms with Gasteiger partial charge in [-0.15, -0.1) is 0 Å². The minimum absolute atomic E-state index is 0.0919. The largest absolute Gasteiger partial charge is 0.320 e. The smallest absolute Gasteiger partial charge is 0.266 e. The Balaban J connectivity index is 2.24. The first-order chi connectivity index (χ1) is 11.0. The number of halogens is 2. The van der Waals surface area contributed by atoms with Crippen molar-refractivity contribution in [1.82, 2.24) is 0 Å². The number of nitriles is 2. The molecule has 6 heteroatoms. The van der Waals surface area contributed by atoms with Crippen molar-refractivity contribution in [2.75, 3.05) is 5.32 Å². The number of benzene rings is 2. The van der Waals surface area contributed by atoms with Crippen molar-refractivity contribution >= 4 is 40.9 Å². The molecule has 0 radical (unpaired) electrons. The third-order valence-corrected chi connectivity index (χ3v) is 3.73. The van der Waals surface area contributed by atoms with Gasteiger partial charge in [-0.3, -0.25) is 4.79 Å². The first kappa shape index (κ1) is 16.6. The minimum atomic E-state index is -0.596. The molecule has 0 aliphatic heterocycles. The molecule has 0 aromatic heterocycles. The molecule has 23 heavy (non-hydrogen) atoms. The van der Waals surface area contributed by atoms with Crippen LogP contribution in [0.25, 0.3) is 6.08 Å². The molecule has 0 atom stereocenters. The lowest BCUT2D eigenvalue weighted by Crippen LogP contribution is -2.13. The maximum atomic E-state index is 12.2. The fraction of sp³-hybridized carbons (Fsp3) is 0. The van der Waals surface area contributed by atoms with Gasteiger partial charge in [0.15, 0.2) is 0 Å². The van der Waals surface area contributed by atoms with Crippen LogP contribution in [0.3, 0.4) is 0 Å². The van der Waals surface area contributed by atoms with Crippen LogP contribution in [0.4, 0.5) is 5.69 Å². The van der Waals surface area contributed by atoms with Gasteiger partial charge < -0.3 is 5.32 Å². The molecule has 2 rings (SSSR count). The number of anilines is 1. The Bertz CT molecular complexity index is 859. The van der Waals surface area contributed by atoms with E-state index in [1.165, 1.54) is 6.08 Å². The maximum Gasteiger partial charge on any atom is 0.266 e. The average molecular weight is 342 g/mol. The van der Waals surface area contributed by atoms with Gasteiger partial charge in [-0.05, 0) is 35.9 Å². The zero-order valence-electron chi connectivity index (χ0n) is 11.7. The highest BCUT2D eigenvalue weighted by molar-refractivity contribution is 6.44.